The molecule has 94 valence electrons. The van der Waals surface area contributed by atoms with Crippen LogP contribution in [-0.2, 0) is 0 Å². The maximum absolute atomic E-state index is 5.55. The number of ether oxygens (including phenoxy) is 2. The minimum atomic E-state index is 0.0750. The zero-order chi connectivity index (χ0) is 13.0. The molecule has 0 bridgehead atoms. The number of nitrogens with zero attached hydrogens (tertiary/aromatic N) is 2. The maximum atomic E-state index is 5.55. The number of aromatic nitrogens is 2. The van der Waals surface area contributed by atoms with Gasteiger partial charge in [0.1, 0.15) is 17.3 Å². The van der Waals surface area contributed by atoms with Crippen molar-refractivity contribution in [2.45, 2.75) is 6.92 Å². The van der Waals surface area contributed by atoms with Crippen LogP contribution in [0.5, 0.6) is 17.4 Å². The summed E-state index contributed by atoms with van der Waals surface area (Å²) < 4.78 is 10.9. The van der Waals surface area contributed by atoms with Gasteiger partial charge < -0.3 is 20.9 Å². The Morgan fingerprint density at radius 1 is 1.11 bits per heavy atom. The first kappa shape index (κ1) is 12.0. The van der Waals surface area contributed by atoms with Gasteiger partial charge in [-0.3, -0.25) is 0 Å². The van der Waals surface area contributed by atoms with E-state index in [1.165, 1.54) is 6.07 Å². The molecule has 4 N–H and O–H groups in total. The highest BCUT2D eigenvalue weighted by Gasteiger charge is 2.03. The lowest BCUT2D eigenvalue weighted by Crippen LogP contribution is -2.00. The van der Waals surface area contributed by atoms with Crippen molar-refractivity contribution < 1.29 is 9.47 Å². The Kier molecular flexibility index (Phi) is 3.47. The predicted octanol–water partition coefficient (Wildman–Crippen LogP) is 1.83. The van der Waals surface area contributed by atoms with E-state index in [2.05, 4.69) is 9.97 Å². The lowest BCUT2D eigenvalue weighted by molar-refractivity contribution is 0.338. The van der Waals surface area contributed by atoms with Gasteiger partial charge in [0.2, 0.25) is 11.8 Å². The maximum Gasteiger partial charge on any atom is 0.226 e. The van der Waals surface area contributed by atoms with Crippen molar-refractivity contribution in [1.82, 2.24) is 9.97 Å². The predicted molar refractivity (Wildman–Crippen MR) is 68.5 cm³/mol. The monoisotopic (exact) mass is 246 g/mol. The molecule has 0 amide bonds. The number of hydrogen-bond donors (Lipinski definition) is 2. The quantitative estimate of drug-likeness (QED) is 0.854. The second-order valence-corrected chi connectivity index (χ2v) is 3.50. The van der Waals surface area contributed by atoms with Crippen molar-refractivity contribution >= 4 is 11.8 Å². The fourth-order valence-corrected chi connectivity index (χ4v) is 1.43. The molecule has 0 aliphatic heterocycles. The van der Waals surface area contributed by atoms with Crippen molar-refractivity contribution in [2.24, 2.45) is 0 Å². The number of anilines is 2. The van der Waals surface area contributed by atoms with E-state index in [-0.39, 0.29) is 11.8 Å². The Morgan fingerprint density at radius 2 is 1.89 bits per heavy atom. The molecule has 2 aromatic rings. The van der Waals surface area contributed by atoms with Gasteiger partial charge in [-0.05, 0) is 19.1 Å². The highest BCUT2D eigenvalue weighted by molar-refractivity contribution is 5.41. The fraction of sp³-hybridized carbons (Fsp3) is 0.167. The molecule has 0 aliphatic rings. The summed E-state index contributed by atoms with van der Waals surface area (Å²) >= 11 is 0. The molecule has 0 atom stereocenters. The van der Waals surface area contributed by atoms with Crippen LogP contribution in [0.4, 0.5) is 11.8 Å². The van der Waals surface area contributed by atoms with Crippen LogP contribution in [0.25, 0.3) is 0 Å². The van der Waals surface area contributed by atoms with Gasteiger partial charge in [0.05, 0.1) is 6.61 Å². The van der Waals surface area contributed by atoms with Crippen molar-refractivity contribution in [3.05, 3.63) is 30.3 Å². The SMILES string of the molecule is CCOc1cccc(Oc2cc(N)nc(N)n2)c1. The molecule has 0 radical (unpaired) electrons. The van der Waals surface area contributed by atoms with Crippen molar-refractivity contribution in [1.29, 1.82) is 0 Å². The second kappa shape index (κ2) is 5.22. The number of benzene rings is 1. The Hall–Kier alpha value is -2.50. The van der Waals surface area contributed by atoms with E-state index >= 15 is 0 Å². The molecular formula is C12H14N4O2. The molecule has 0 aliphatic carbocycles. The zero-order valence-electron chi connectivity index (χ0n) is 9.96. The minimum Gasteiger partial charge on any atom is -0.494 e. The van der Waals surface area contributed by atoms with Crippen LogP contribution < -0.4 is 20.9 Å². The molecule has 1 heterocycles. The summed E-state index contributed by atoms with van der Waals surface area (Å²) in [5.74, 6) is 1.96. The molecule has 0 saturated heterocycles. The van der Waals surface area contributed by atoms with Crippen LogP contribution in [0.2, 0.25) is 0 Å². The van der Waals surface area contributed by atoms with Gasteiger partial charge in [-0.2, -0.15) is 9.97 Å². The normalized spacial score (nSPS) is 10.1. The van der Waals surface area contributed by atoms with Gasteiger partial charge in [0.15, 0.2) is 0 Å². The van der Waals surface area contributed by atoms with E-state index in [9.17, 15) is 0 Å². The first-order valence-corrected chi connectivity index (χ1v) is 5.48. The molecule has 18 heavy (non-hydrogen) atoms. The van der Waals surface area contributed by atoms with E-state index in [0.717, 1.165) is 5.75 Å². The summed E-state index contributed by atoms with van der Waals surface area (Å²) in [7, 11) is 0. The first-order valence-electron chi connectivity index (χ1n) is 5.48. The summed E-state index contributed by atoms with van der Waals surface area (Å²) in [6.07, 6.45) is 0. The zero-order valence-corrected chi connectivity index (χ0v) is 9.96. The van der Waals surface area contributed by atoms with Crippen molar-refractivity contribution in [3.8, 4) is 17.4 Å². The Bertz CT molecular complexity index is 525. The van der Waals surface area contributed by atoms with Crippen LogP contribution in [-0.4, -0.2) is 16.6 Å². The smallest absolute Gasteiger partial charge is 0.226 e. The third kappa shape index (κ3) is 3.00. The van der Waals surface area contributed by atoms with E-state index in [1.807, 2.05) is 19.1 Å². The summed E-state index contributed by atoms with van der Waals surface area (Å²) in [4.78, 5) is 7.69. The number of rotatable bonds is 4. The van der Waals surface area contributed by atoms with Crippen LogP contribution in [0.1, 0.15) is 6.92 Å². The number of nitrogens with two attached hydrogens (primary N) is 2. The van der Waals surface area contributed by atoms with Gasteiger partial charge in [-0.25, -0.2) is 0 Å². The van der Waals surface area contributed by atoms with Crippen LogP contribution >= 0.6 is 0 Å². The van der Waals surface area contributed by atoms with E-state index < -0.39 is 0 Å². The topological polar surface area (TPSA) is 96.3 Å². The molecule has 2 rings (SSSR count). The standard InChI is InChI=1S/C12H14N4O2/c1-2-17-8-4-3-5-9(6-8)18-11-7-10(13)15-12(14)16-11/h3-7H,2H2,1H3,(H4,13,14,15,16). The molecule has 6 heteroatoms. The molecular weight excluding hydrogens is 232 g/mol. The third-order valence-corrected chi connectivity index (χ3v) is 2.08. The van der Waals surface area contributed by atoms with E-state index in [0.29, 0.717) is 18.2 Å². The molecule has 6 nitrogen and oxygen atoms in total. The van der Waals surface area contributed by atoms with Gasteiger partial charge >= 0.3 is 0 Å². The molecule has 0 saturated carbocycles. The summed E-state index contributed by atoms with van der Waals surface area (Å²) in [5.41, 5.74) is 11.0. The van der Waals surface area contributed by atoms with Gasteiger partial charge in [0, 0.05) is 12.1 Å². The summed E-state index contributed by atoms with van der Waals surface area (Å²) in [6.45, 7) is 2.51. The minimum absolute atomic E-state index is 0.0750. The molecule has 1 aromatic carbocycles. The molecule has 0 spiro atoms. The van der Waals surface area contributed by atoms with E-state index in [4.69, 9.17) is 20.9 Å². The Balaban J connectivity index is 2.20. The highest BCUT2D eigenvalue weighted by atomic mass is 16.5. The first-order chi connectivity index (χ1) is 8.67. The molecule has 1 aromatic heterocycles. The summed E-state index contributed by atoms with van der Waals surface area (Å²) in [6, 6.07) is 8.73. The van der Waals surface area contributed by atoms with Crippen molar-refractivity contribution in [3.63, 3.8) is 0 Å². The number of nitrogen functional groups attached to an aromatic ring is 2. The van der Waals surface area contributed by atoms with Gasteiger partial charge in [-0.15, -0.1) is 0 Å². The lowest BCUT2D eigenvalue weighted by Gasteiger charge is -2.08. The summed E-state index contributed by atoms with van der Waals surface area (Å²) in [5, 5.41) is 0. The highest BCUT2D eigenvalue weighted by Crippen LogP contribution is 2.25. The van der Waals surface area contributed by atoms with E-state index in [1.54, 1.807) is 12.1 Å². The third-order valence-electron chi connectivity index (χ3n) is 2.08. The Labute approximate surface area is 105 Å². The van der Waals surface area contributed by atoms with Crippen molar-refractivity contribution in [2.75, 3.05) is 18.1 Å². The second-order valence-electron chi connectivity index (χ2n) is 3.50. The number of hydrogen-bond acceptors (Lipinski definition) is 6. The average molecular weight is 246 g/mol. The fourth-order valence-electron chi connectivity index (χ4n) is 1.43. The lowest BCUT2D eigenvalue weighted by atomic mass is 10.3. The average Bonchev–Trinajstić information content (AvgIpc) is 2.28. The largest absolute Gasteiger partial charge is 0.494 e. The van der Waals surface area contributed by atoms with Gasteiger partial charge in [0.25, 0.3) is 0 Å². The molecule has 0 fully saturated rings. The van der Waals surface area contributed by atoms with Gasteiger partial charge in [-0.1, -0.05) is 6.07 Å². The Morgan fingerprint density at radius 3 is 2.61 bits per heavy atom. The molecule has 0 unspecified atom stereocenters. The van der Waals surface area contributed by atoms with Crippen LogP contribution in [0.15, 0.2) is 30.3 Å². The van der Waals surface area contributed by atoms with Crippen LogP contribution in [0, 0.1) is 0 Å². The van der Waals surface area contributed by atoms with Crippen LogP contribution in [0.3, 0.4) is 0 Å².